The van der Waals surface area contributed by atoms with E-state index in [-0.39, 0.29) is 0 Å². The summed E-state index contributed by atoms with van der Waals surface area (Å²) in [6.07, 6.45) is 0. The first-order chi connectivity index (χ1) is 35.4. The zero-order valence-electron chi connectivity index (χ0n) is 39.9. The van der Waals surface area contributed by atoms with Crippen molar-refractivity contribution in [3.8, 4) is 56.6 Å². The molecule has 0 saturated carbocycles. The van der Waals surface area contributed by atoms with Crippen LogP contribution in [0.2, 0.25) is 0 Å². The molecule has 4 nitrogen and oxygen atoms in total. The third-order valence-electron chi connectivity index (χ3n) is 13.9. The highest BCUT2D eigenvalue weighted by Crippen LogP contribution is 2.49. The predicted octanol–water partition coefficient (Wildman–Crippen LogP) is 18.6. The van der Waals surface area contributed by atoms with Crippen molar-refractivity contribution in [1.82, 2.24) is 0 Å². The van der Waals surface area contributed by atoms with Gasteiger partial charge in [0.1, 0.15) is 0 Å². The summed E-state index contributed by atoms with van der Waals surface area (Å²) in [6, 6.07) is 90.7. The maximum atomic E-state index is 10.3. The quantitative estimate of drug-likeness (QED) is 0.128. The fraction of sp³-hybridized carbons (Fsp3) is 0.0294. The third kappa shape index (κ3) is 8.04. The number of rotatable bonds is 10. The van der Waals surface area contributed by atoms with Crippen LogP contribution in [-0.4, -0.2) is 0 Å². The second kappa shape index (κ2) is 18.3. The van der Waals surface area contributed by atoms with Crippen LogP contribution in [0.3, 0.4) is 0 Å². The minimum atomic E-state index is 0.584. The van der Waals surface area contributed by atoms with E-state index < -0.39 is 0 Å². The van der Waals surface area contributed by atoms with Crippen molar-refractivity contribution in [3.05, 3.63) is 265 Å². The predicted molar refractivity (Wildman–Crippen MR) is 300 cm³/mol. The molecule has 0 radical (unpaired) electrons. The Bertz CT molecular complexity index is 3800. The lowest BCUT2D eigenvalue weighted by molar-refractivity contribution is 1.29. The molecular formula is C68H46N4. The van der Waals surface area contributed by atoms with Gasteiger partial charge in [0.2, 0.25) is 0 Å². The van der Waals surface area contributed by atoms with Gasteiger partial charge in [-0.15, -0.1) is 0 Å². The van der Waals surface area contributed by atoms with E-state index in [2.05, 4.69) is 242 Å². The van der Waals surface area contributed by atoms with Gasteiger partial charge in [-0.1, -0.05) is 169 Å². The molecule has 0 amide bonds. The van der Waals surface area contributed by atoms with Gasteiger partial charge in [-0.2, -0.15) is 10.5 Å². The molecule has 0 saturated heterocycles. The van der Waals surface area contributed by atoms with Gasteiger partial charge < -0.3 is 9.80 Å². The molecule has 0 fully saturated rings. The van der Waals surface area contributed by atoms with Gasteiger partial charge >= 0.3 is 0 Å². The summed E-state index contributed by atoms with van der Waals surface area (Å²) in [5.41, 5.74) is 18.1. The van der Waals surface area contributed by atoms with E-state index in [0.29, 0.717) is 11.1 Å². The molecule has 0 N–H and O–H groups in total. The van der Waals surface area contributed by atoms with Gasteiger partial charge in [-0.3, -0.25) is 0 Å². The number of benzene rings is 12. The van der Waals surface area contributed by atoms with Gasteiger partial charge in [-0.25, -0.2) is 0 Å². The smallest absolute Gasteiger partial charge is 0.0992 e. The van der Waals surface area contributed by atoms with E-state index in [0.717, 1.165) is 111 Å². The highest BCUT2D eigenvalue weighted by Gasteiger charge is 2.24. The fourth-order valence-corrected chi connectivity index (χ4v) is 10.3. The Kier molecular flexibility index (Phi) is 11.1. The van der Waals surface area contributed by atoms with Gasteiger partial charge in [0.15, 0.2) is 0 Å². The summed E-state index contributed by atoms with van der Waals surface area (Å²) < 4.78 is 0. The third-order valence-corrected chi connectivity index (χ3v) is 13.9. The van der Waals surface area contributed by atoms with Crippen molar-refractivity contribution < 1.29 is 0 Å². The molecule has 12 aromatic carbocycles. The summed E-state index contributed by atoms with van der Waals surface area (Å²) in [7, 11) is 0. The highest BCUT2D eigenvalue weighted by atomic mass is 15.2. The topological polar surface area (TPSA) is 54.1 Å². The second-order valence-electron chi connectivity index (χ2n) is 18.6. The van der Waals surface area contributed by atoms with E-state index in [9.17, 15) is 10.5 Å². The average molecular weight is 919 g/mol. The molecule has 0 unspecified atom stereocenters. The van der Waals surface area contributed by atoms with Crippen molar-refractivity contribution in [2.45, 2.75) is 13.8 Å². The van der Waals surface area contributed by atoms with Gasteiger partial charge in [0, 0.05) is 33.5 Å². The lowest BCUT2D eigenvalue weighted by atomic mass is 9.91. The number of nitrogens with zero attached hydrogens (tertiary/aromatic N) is 4. The minimum Gasteiger partial charge on any atom is -0.310 e. The van der Waals surface area contributed by atoms with Crippen LogP contribution in [-0.2, 0) is 0 Å². The summed E-state index contributed by atoms with van der Waals surface area (Å²) in [5.74, 6) is 0. The Morgan fingerprint density at radius 3 is 1.03 bits per heavy atom. The first kappa shape index (κ1) is 43.5. The van der Waals surface area contributed by atoms with Crippen LogP contribution in [0, 0.1) is 36.5 Å². The Morgan fingerprint density at radius 2 is 0.653 bits per heavy atom. The van der Waals surface area contributed by atoms with Crippen LogP contribution in [0.1, 0.15) is 22.3 Å². The molecule has 0 aliphatic rings. The van der Waals surface area contributed by atoms with Crippen molar-refractivity contribution in [2.75, 3.05) is 9.80 Å². The monoisotopic (exact) mass is 918 g/mol. The maximum absolute atomic E-state index is 10.3. The van der Waals surface area contributed by atoms with Gasteiger partial charge in [0.05, 0.1) is 34.6 Å². The number of hydrogen-bond acceptors (Lipinski definition) is 4. The minimum absolute atomic E-state index is 0.584. The van der Waals surface area contributed by atoms with Crippen molar-refractivity contribution in [3.63, 3.8) is 0 Å². The van der Waals surface area contributed by atoms with E-state index in [1.54, 1.807) is 0 Å². The molecule has 72 heavy (non-hydrogen) atoms. The Morgan fingerprint density at radius 1 is 0.292 bits per heavy atom. The van der Waals surface area contributed by atoms with Crippen LogP contribution in [0.15, 0.2) is 243 Å². The molecule has 0 bridgehead atoms. The summed E-state index contributed by atoms with van der Waals surface area (Å²) in [5, 5.41) is 27.3. The van der Waals surface area contributed by atoms with Gasteiger partial charge in [0.25, 0.3) is 0 Å². The molecule has 0 heterocycles. The van der Waals surface area contributed by atoms with Crippen molar-refractivity contribution >= 4 is 66.4 Å². The van der Waals surface area contributed by atoms with Crippen LogP contribution in [0.4, 0.5) is 34.1 Å². The Balaban J connectivity index is 1.11. The van der Waals surface area contributed by atoms with E-state index >= 15 is 0 Å². The molecule has 0 aromatic heterocycles. The van der Waals surface area contributed by atoms with Crippen LogP contribution >= 0.6 is 0 Å². The lowest BCUT2D eigenvalue weighted by Crippen LogP contribution is -2.12. The first-order valence-corrected chi connectivity index (χ1v) is 24.3. The number of aryl methyl sites for hydroxylation is 2. The average Bonchev–Trinajstić information content (AvgIpc) is 3.44. The zero-order chi connectivity index (χ0) is 48.7. The summed E-state index contributed by atoms with van der Waals surface area (Å²) in [6.45, 7) is 4.23. The van der Waals surface area contributed by atoms with Crippen LogP contribution in [0.25, 0.3) is 76.8 Å². The van der Waals surface area contributed by atoms with Crippen molar-refractivity contribution in [1.29, 1.82) is 10.5 Å². The molecular weight excluding hydrogens is 873 g/mol. The highest BCUT2D eigenvalue weighted by molar-refractivity contribution is 6.28. The lowest BCUT2D eigenvalue weighted by Gasteiger charge is -2.30. The second-order valence-corrected chi connectivity index (χ2v) is 18.6. The van der Waals surface area contributed by atoms with E-state index in [4.69, 9.17) is 0 Å². The van der Waals surface area contributed by atoms with Crippen LogP contribution in [0.5, 0.6) is 0 Å². The summed E-state index contributed by atoms with van der Waals surface area (Å²) in [4.78, 5) is 4.64. The van der Waals surface area contributed by atoms with Crippen molar-refractivity contribution in [2.24, 2.45) is 0 Å². The summed E-state index contributed by atoms with van der Waals surface area (Å²) >= 11 is 0. The molecule has 0 spiro atoms. The van der Waals surface area contributed by atoms with Crippen LogP contribution < -0.4 is 9.80 Å². The Hall–Kier alpha value is -9.74. The SMILES string of the molecule is Cc1ccc(-c2cc(-c3ccccc3)cc(N(c3cccc(C#N)c3)c3ccc4ccc5c(N(c6cccc(C#N)c6)c6cc(-c7ccccc7)cc(-c7ccc(C)cc7)c6)ccc6ccc3c4c65)c2)cc1. The Labute approximate surface area is 420 Å². The largest absolute Gasteiger partial charge is 0.310 e. The maximum Gasteiger partial charge on any atom is 0.0992 e. The van der Waals surface area contributed by atoms with E-state index in [1.807, 2.05) is 36.4 Å². The zero-order valence-corrected chi connectivity index (χ0v) is 39.9. The van der Waals surface area contributed by atoms with E-state index in [1.165, 1.54) is 11.1 Å². The molecule has 12 aromatic rings. The van der Waals surface area contributed by atoms with Gasteiger partial charge in [-0.05, 0) is 165 Å². The first-order valence-electron chi connectivity index (χ1n) is 24.3. The fourth-order valence-electron chi connectivity index (χ4n) is 10.3. The molecule has 0 atom stereocenters. The molecule has 4 heteroatoms. The molecule has 0 aliphatic heterocycles. The number of anilines is 6. The molecule has 338 valence electrons. The molecule has 12 rings (SSSR count). The standard InChI is InChI=1S/C68H46N4/c1-45-19-23-51(24-20-45)57-37-55(49-13-5-3-6-14-49)39-61(41-57)71(59-17-9-11-47(35-59)43-69)65-33-29-53-28-32-64-66(34-30-54-27-31-63(65)67(53)68(54)64)72(60-18-10-12-48(36-60)44-70)62-40-56(50-15-7-4-8-16-50)38-58(42-62)52-25-21-46(2)22-26-52/h3-42H,1-2H3. The number of nitriles is 2. The molecule has 0 aliphatic carbocycles. The normalized spacial score (nSPS) is 11.2. The number of hydrogen-bond donors (Lipinski definition) is 0.